The monoisotopic (exact) mass is 598 g/mol. The van der Waals surface area contributed by atoms with Gasteiger partial charge in [-0.15, -0.1) is 0 Å². The zero-order valence-electron chi connectivity index (χ0n) is 23.5. The second-order valence-corrected chi connectivity index (χ2v) is 10.5. The van der Waals surface area contributed by atoms with Crippen LogP contribution in [0.2, 0.25) is 0 Å². The van der Waals surface area contributed by atoms with Crippen molar-refractivity contribution in [2.45, 2.75) is 80.9 Å². The molecule has 1 aliphatic rings. The Labute approximate surface area is 240 Å². The molecule has 0 aromatic heterocycles. The van der Waals surface area contributed by atoms with Crippen molar-refractivity contribution < 1.29 is 57.2 Å². The van der Waals surface area contributed by atoms with Gasteiger partial charge >= 0.3 is 29.8 Å². The molecule has 1 aromatic rings. The molecule has 1 heterocycles. The second-order valence-electron chi connectivity index (χ2n) is 9.14. The molecule has 1 amide bonds. The Morgan fingerprint density at radius 3 is 2.07 bits per heavy atom. The van der Waals surface area contributed by atoms with Gasteiger partial charge < -0.3 is 39.5 Å². The Bertz CT molecular complexity index is 1150. The zero-order valence-corrected chi connectivity index (χ0v) is 24.3. The van der Waals surface area contributed by atoms with Crippen LogP contribution in [0.15, 0.2) is 35.2 Å². The first-order valence-corrected chi connectivity index (χ1v) is 13.2. The summed E-state index contributed by atoms with van der Waals surface area (Å²) in [6, 6.07) is 8.52. The molecule has 15 heteroatoms. The van der Waals surface area contributed by atoms with Crippen LogP contribution in [-0.4, -0.2) is 84.5 Å². The van der Waals surface area contributed by atoms with Gasteiger partial charge in [0.2, 0.25) is 10.8 Å². The third-order valence-electron chi connectivity index (χ3n) is 5.73. The number of nitrogens with one attached hydrogen (secondary N) is 1. The molecule has 0 saturated carbocycles. The van der Waals surface area contributed by atoms with Crippen molar-refractivity contribution in [1.82, 2.24) is 5.32 Å². The van der Waals surface area contributed by atoms with Gasteiger partial charge in [-0.05, 0) is 12.1 Å². The normalized spacial score (nSPS) is 25.0. The molecule has 1 fully saturated rings. The summed E-state index contributed by atoms with van der Waals surface area (Å²) in [5.41, 5.74) is 4.54. The summed E-state index contributed by atoms with van der Waals surface area (Å²) in [4.78, 5) is 72.6. The van der Waals surface area contributed by atoms with E-state index in [1.165, 1.54) is 0 Å². The lowest BCUT2D eigenvalue weighted by Crippen LogP contribution is -2.79. The van der Waals surface area contributed by atoms with E-state index in [4.69, 9.17) is 34.2 Å². The van der Waals surface area contributed by atoms with Crippen LogP contribution in [-0.2, 0) is 57.2 Å². The lowest BCUT2D eigenvalue weighted by molar-refractivity contribution is -0.241. The topological polar surface area (TPSA) is 196 Å². The van der Waals surface area contributed by atoms with Gasteiger partial charge in [0, 0.05) is 45.9 Å². The van der Waals surface area contributed by atoms with E-state index in [2.05, 4.69) is 5.32 Å². The van der Waals surface area contributed by atoms with Crippen molar-refractivity contribution in [1.29, 1.82) is 0 Å². The lowest BCUT2D eigenvalue weighted by atomic mass is 9.83. The van der Waals surface area contributed by atoms with E-state index in [0.29, 0.717) is 4.90 Å². The number of thioether (sulfide) groups is 1. The molecule has 1 saturated heterocycles. The minimum Gasteiger partial charge on any atom is -0.466 e. The van der Waals surface area contributed by atoms with Gasteiger partial charge in [0.15, 0.2) is 17.9 Å². The molecule has 41 heavy (non-hydrogen) atoms. The molecule has 226 valence electrons. The SMILES string of the molecule is COC(=O)[C@@]1(Sc2ccccc2)CC(OC(C)=O)[C@](N)(NC(C)=O)C(C(OC(C)=O)C(COC(C)=O)OC(C)=O)O1. The van der Waals surface area contributed by atoms with E-state index >= 15 is 0 Å². The fourth-order valence-corrected chi connectivity index (χ4v) is 5.52. The van der Waals surface area contributed by atoms with Crippen LogP contribution in [0.5, 0.6) is 0 Å². The molecule has 0 spiro atoms. The number of nitrogens with two attached hydrogens (primary N) is 1. The summed E-state index contributed by atoms with van der Waals surface area (Å²) in [6.45, 7) is 4.79. The van der Waals surface area contributed by atoms with Crippen molar-refractivity contribution in [3.05, 3.63) is 30.3 Å². The quantitative estimate of drug-likeness (QED) is 0.204. The molecule has 6 atom stereocenters. The van der Waals surface area contributed by atoms with Crippen LogP contribution in [0, 0.1) is 0 Å². The van der Waals surface area contributed by atoms with Gasteiger partial charge in [-0.2, -0.15) is 0 Å². The number of hydrogen-bond acceptors (Lipinski definition) is 14. The Kier molecular flexibility index (Phi) is 11.7. The average molecular weight is 599 g/mol. The van der Waals surface area contributed by atoms with E-state index in [9.17, 15) is 28.8 Å². The Morgan fingerprint density at radius 1 is 0.976 bits per heavy atom. The highest BCUT2D eigenvalue weighted by Crippen LogP contribution is 2.47. The molecule has 1 aromatic carbocycles. The van der Waals surface area contributed by atoms with Gasteiger partial charge in [0.25, 0.3) is 0 Å². The van der Waals surface area contributed by atoms with Crippen LogP contribution in [0.3, 0.4) is 0 Å². The number of hydrogen-bond donors (Lipinski definition) is 2. The number of carbonyl (C=O) groups is 6. The smallest absolute Gasteiger partial charge is 0.349 e. The first kappa shape index (κ1) is 33.5. The number of methoxy groups -OCH3 is 1. The van der Waals surface area contributed by atoms with Gasteiger partial charge in [0.05, 0.1) is 7.11 Å². The molecule has 0 aliphatic carbocycles. The number of carbonyl (C=O) groups excluding carboxylic acids is 6. The van der Waals surface area contributed by atoms with E-state index in [-0.39, 0.29) is 0 Å². The van der Waals surface area contributed by atoms with E-state index in [1.54, 1.807) is 30.3 Å². The van der Waals surface area contributed by atoms with Gasteiger partial charge in [-0.3, -0.25) is 24.0 Å². The van der Waals surface area contributed by atoms with E-state index in [0.717, 1.165) is 53.5 Å². The highest BCUT2D eigenvalue weighted by atomic mass is 32.2. The van der Waals surface area contributed by atoms with Crippen LogP contribution in [0.25, 0.3) is 0 Å². The maximum absolute atomic E-state index is 13.4. The Balaban J connectivity index is 2.85. The second kappa shape index (κ2) is 14.3. The van der Waals surface area contributed by atoms with E-state index < -0.39 is 83.8 Å². The van der Waals surface area contributed by atoms with Crippen molar-refractivity contribution in [3.8, 4) is 0 Å². The molecular weight excluding hydrogens is 564 g/mol. The highest BCUT2D eigenvalue weighted by molar-refractivity contribution is 8.01. The molecule has 1 aliphatic heterocycles. The van der Waals surface area contributed by atoms with Crippen molar-refractivity contribution >= 4 is 47.5 Å². The Hall–Kier alpha value is -3.69. The van der Waals surface area contributed by atoms with Crippen LogP contribution in [0.4, 0.5) is 0 Å². The van der Waals surface area contributed by atoms with E-state index in [1.807, 2.05) is 0 Å². The van der Waals surface area contributed by atoms with Crippen molar-refractivity contribution in [3.63, 3.8) is 0 Å². The summed E-state index contributed by atoms with van der Waals surface area (Å²) in [5.74, 6) is -4.96. The molecule has 0 bridgehead atoms. The molecular formula is C26H34N2O12S. The molecule has 4 unspecified atom stereocenters. The predicted molar refractivity (Wildman–Crippen MR) is 141 cm³/mol. The maximum atomic E-state index is 13.4. The number of esters is 5. The van der Waals surface area contributed by atoms with Gasteiger partial charge in [0.1, 0.15) is 18.8 Å². The fraction of sp³-hybridized carbons (Fsp3) is 0.538. The van der Waals surface area contributed by atoms with Gasteiger partial charge in [-0.1, -0.05) is 30.0 Å². The molecule has 2 rings (SSSR count). The fourth-order valence-electron chi connectivity index (χ4n) is 4.29. The maximum Gasteiger partial charge on any atom is 0.349 e. The van der Waals surface area contributed by atoms with Crippen LogP contribution in [0.1, 0.15) is 41.0 Å². The highest BCUT2D eigenvalue weighted by Gasteiger charge is 2.64. The average Bonchev–Trinajstić information content (AvgIpc) is 2.86. The lowest BCUT2D eigenvalue weighted by Gasteiger charge is -2.53. The summed E-state index contributed by atoms with van der Waals surface area (Å²) in [5, 5.41) is 2.48. The number of benzene rings is 1. The van der Waals surface area contributed by atoms with Gasteiger partial charge in [-0.25, -0.2) is 4.79 Å². The number of rotatable bonds is 11. The third-order valence-corrected chi connectivity index (χ3v) is 7.00. The van der Waals surface area contributed by atoms with Crippen LogP contribution >= 0.6 is 11.8 Å². The summed E-state index contributed by atoms with van der Waals surface area (Å²) in [6.07, 6.45) is -6.94. The largest absolute Gasteiger partial charge is 0.466 e. The van der Waals surface area contributed by atoms with Crippen molar-refractivity contribution in [2.75, 3.05) is 13.7 Å². The van der Waals surface area contributed by atoms with Crippen molar-refractivity contribution in [2.24, 2.45) is 5.73 Å². The molecule has 14 nitrogen and oxygen atoms in total. The minimum atomic E-state index is -2.18. The predicted octanol–water partition coefficient (Wildman–Crippen LogP) is 0.586. The standard InChI is InChI=1S/C26H34N2O12S/c1-14(29)28-26(27)21(38-17(4)32)12-25(24(34)35-6,41-19-10-8-7-9-11-19)40-23(26)22(39-18(5)33)20(37-16(3)31)13-36-15(2)30/h7-11,20-23H,12-13,27H2,1-6H3,(H,28,29)/t20?,21?,22?,23?,25-,26-/m0/s1. The first-order valence-electron chi connectivity index (χ1n) is 12.4. The summed E-state index contributed by atoms with van der Waals surface area (Å²) >= 11 is 0.889. The molecule has 0 radical (unpaired) electrons. The third kappa shape index (κ3) is 8.90. The minimum absolute atomic E-state index is 0.430. The number of amides is 1. The Morgan fingerprint density at radius 2 is 1.59 bits per heavy atom. The number of ether oxygens (including phenoxy) is 6. The summed E-state index contributed by atoms with van der Waals surface area (Å²) in [7, 11) is 1.11. The molecule has 3 N–H and O–H groups in total. The zero-order chi connectivity index (χ0) is 31.0. The summed E-state index contributed by atoms with van der Waals surface area (Å²) < 4.78 is 32.8. The van der Waals surface area contributed by atoms with Crippen LogP contribution < -0.4 is 11.1 Å². The first-order chi connectivity index (χ1) is 19.1.